The number of nitrogens with zero attached hydrogens (tertiary/aromatic N) is 4. The van der Waals surface area contributed by atoms with Gasteiger partial charge in [-0.15, -0.1) is 5.10 Å². The number of nitrogen functional groups attached to an aromatic ring is 1. The summed E-state index contributed by atoms with van der Waals surface area (Å²) >= 11 is 0. The van der Waals surface area contributed by atoms with Crippen LogP contribution in [0.4, 0.5) is 11.5 Å². The summed E-state index contributed by atoms with van der Waals surface area (Å²) in [6.07, 6.45) is 5.70. The molecule has 3 aromatic rings. The van der Waals surface area contributed by atoms with E-state index in [4.69, 9.17) is 5.73 Å². The molecule has 2 aromatic heterocycles. The number of carbonyl (C=O) groups is 1. The van der Waals surface area contributed by atoms with Gasteiger partial charge in [-0.2, -0.15) is 4.31 Å². The lowest BCUT2D eigenvalue weighted by Crippen LogP contribution is -2.37. The predicted octanol–water partition coefficient (Wildman–Crippen LogP) is 2.08. The van der Waals surface area contributed by atoms with Crippen molar-refractivity contribution in [1.82, 2.24) is 19.1 Å². The SMILES string of the molecule is CS(=O)(=O)N1CCc2c(N)nn(C(=O)C3CCNc4ccc(-c5ccncc5)cc43)c2C1. The monoisotopic (exact) mass is 452 g/mol. The summed E-state index contributed by atoms with van der Waals surface area (Å²) in [5.41, 5.74) is 11.3. The van der Waals surface area contributed by atoms with Crippen molar-refractivity contribution in [2.75, 3.05) is 30.4 Å². The normalized spacial score (nSPS) is 18.5. The average Bonchev–Trinajstić information content (AvgIpc) is 3.14. The van der Waals surface area contributed by atoms with Gasteiger partial charge in [0.25, 0.3) is 5.91 Å². The predicted molar refractivity (Wildman–Crippen MR) is 122 cm³/mol. The molecule has 0 bridgehead atoms. The molecule has 2 aliphatic rings. The van der Waals surface area contributed by atoms with Gasteiger partial charge in [-0.1, -0.05) is 6.07 Å². The Balaban J connectivity index is 1.54. The summed E-state index contributed by atoms with van der Waals surface area (Å²) in [6.45, 7) is 1.09. The quantitative estimate of drug-likeness (QED) is 0.624. The molecule has 32 heavy (non-hydrogen) atoms. The largest absolute Gasteiger partial charge is 0.385 e. The van der Waals surface area contributed by atoms with Crippen LogP contribution in [0.5, 0.6) is 0 Å². The molecule has 2 aliphatic heterocycles. The van der Waals surface area contributed by atoms with E-state index in [-0.39, 0.29) is 12.5 Å². The second-order valence-electron chi connectivity index (χ2n) is 8.21. The maximum Gasteiger partial charge on any atom is 0.254 e. The highest BCUT2D eigenvalue weighted by molar-refractivity contribution is 7.88. The van der Waals surface area contributed by atoms with Gasteiger partial charge in [-0.3, -0.25) is 9.78 Å². The Kier molecular flexibility index (Phi) is 4.98. The minimum atomic E-state index is -3.39. The fraction of sp³-hybridized carbons (Fsp3) is 0.318. The van der Waals surface area contributed by atoms with E-state index in [1.54, 1.807) is 12.4 Å². The Morgan fingerprint density at radius 3 is 2.72 bits per heavy atom. The molecule has 10 heteroatoms. The van der Waals surface area contributed by atoms with E-state index in [9.17, 15) is 13.2 Å². The zero-order valence-corrected chi connectivity index (χ0v) is 18.5. The summed E-state index contributed by atoms with van der Waals surface area (Å²) in [4.78, 5) is 17.8. The van der Waals surface area contributed by atoms with Gasteiger partial charge < -0.3 is 11.1 Å². The van der Waals surface area contributed by atoms with Crippen LogP contribution in [0.25, 0.3) is 11.1 Å². The van der Waals surface area contributed by atoms with E-state index in [0.29, 0.717) is 37.4 Å². The highest BCUT2D eigenvalue weighted by Gasteiger charge is 2.34. The highest BCUT2D eigenvalue weighted by atomic mass is 32.2. The van der Waals surface area contributed by atoms with Crippen LogP contribution in [0.1, 0.15) is 34.0 Å². The summed E-state index contributed by atoms with van der Waals surface area (Å²) in [5.74, 6) is -0.311. The maximum absolute atomic E-state index is 13.7. The fourth-order valence-electron chi connectivity index (χ4n) is 4.53. The maximum atomic E-state index is 13.7. The number of rotatable bonds is 3. The Bertz CT molecular complexity index is 1300. The third-order valence-electron chi connectivity index (χ3n) is 6.22. The molecule has 166 valence electrons. The number of hydrogen-bond donors (Lipinski definition) is 2. The first-order valence-corrected chi connectivity index (χ1v) is 12.3. The first-order valence-electron chi connectivity index (χ1n) is 10.5. The Labute approximate surface area is 186 Å². The smallest absolute Gasteiger partial charge is 0.254 e. The summed E-state index contributed by atoms with van der Waals surface area (Å²) in [7, 11) is -3.39. The van der Waals surface area contributed by atoms with E-state index in [1.807, 2.05) is 30.3 Å². The van der Waals surface area contributed by atoms with Gasteiger partial charge in [0.2, 0.25) is 10.0 Å². The molecule has 4 heterocycles. The number of nitrogens with one attached hydrogen (secondary N) is 1. The summed E-state index contributed by atoms with van der Waals surface area (Å²) in [6, 6.07) is 9.90. The zero-order chi connectivity index (χ0) is 22.5. The molecular formula is C22H24N6O3S. The zero-order valence-electron chi connectivity index (χ0n) is 17.7. The van der Waals surface area contributed by atoms with Crippen molar-refractivity contribution in [2.24, 2.45) is 0 Å². The van der Waals surface area contributed by atoms with E-state index >= 15 is 0 Å². The number of hydrogen-bond acceptors (Lipinski definition) is 7. The fourth-order valence-corrected chi connectivity index (χ4v) is 5.31. The van der Waals surface area contributed by atoms with Crippen molar-refractivity contribution >= 4 is 27.4 Å². The van der Waals surface area contributed by atoms with Crippen LogP contribution in [-0.4, -0.2) is 52.7 Å². The summed E-state index contributed by atoms with van der Waals surface area (Å²) < 4.78 is 26.9. The number of pyridine rings is 1. The van der Waals surface area contributed by atoms with Gasteiger partial charge >= 0.3 is 0 Å². The van der Waals surface area contributed by atoms with Crippen LogP contribution in [0.3, 0.4) is 0 Å². The molecule has 0 spiro atoms. The molecule has 1 unspecified atom stereocenters. The van der Waals surface area contributed by atoms with Crippen LogP contribution >= 0.6 is 0 Å². The third-order valence-corrected chi connectivity index (χ3v) is 7.47. The molecule has 0 amide bonds. The second-order valence-corrected chi connectivity index (χ2v) is 10.2. The number of anilines is 2. The number of fused-ring (bicyclic) bond motifs is 2. The topological polar surface area (TPSA) is 123 Å². The van der Waals surface area contributed by atoms with E-state index in [1.165, 1.54) is 15.2 Å². The first-order chi connectivity index (χ1) is 15.3. The average molecular weight is 453 g/mol. The molecule has 1 atom stereocenters. The Morgan fingerprint density at radius 1 is 1.19 bits per heavy atom. The molecular weight excluding hydrogens is 428 g/mol. The van der Waals surface area contributed by atoms with Crippen LogP contribution < -0.4 is 11.1 Å². The molecule has 0 saturated heterocycles. The number of benzene rings is 1. The van der Waals surface area contributed by atoms with Crippen molar-refractivity contribution in [3.63, 3.8) is 0 Å². The minimum absolute atomic E-state index is 0.0962. The minimum Gasteiger partial charge on any atom is -0.385 e. The standard InChI is InChI=1S/C22H24N6O3S/c1-32(30,31)27-11-7-17-20(13-27)28(26-21(17)23)22(29)16-6-10-25-19-3-2-15(12-18(16)19)14-4-8-24-9-5-14/h2-5,8-9,12,16,25H,6-7,10-11,13H2,1H3,(H2,23,26). The van der Waals surface area contributed by atoms with Gasteiger partial charge in [0.1, 0.15) is 5.82 Å². The van der Waals surface area contributed by atoms with Crippen molar-refractivity contribution in [2.45, 2.75) is 25.3 Å². The van der Waals surface area contributed by atoms with Crippen LogP contribution in [0.15, 0.2) is 42.7 Å². The van der Waals surface area contributed by atoms with Gasteiger partial charge in [0.05, 0.1) is 24.4 Å². The van der Waals surface area contributed by atoms with Gasteiger partial charge in [0, 0.05) is 36.7 Å². The summed E-state index contributed by atoms with van der Waals surface area (Å²) in [5, 5.41) is 7.70. The van der Waals surface area contributed by atoms with Crippen LogP contribution in [-0.2, 0) is 23.0 Å². The van der Waals surface area contributed by atoms with Crippen molar-refractivity contribution in [3.05, 3.63) is 59.5 Å². The van der Waals surface area contributed by atoms with E-state index in [0.717, 1.165) is 27.9 Å². The molecule has 0 radical (unpaired) electrons. The molecule has 0 saturated carbocycles. The van der Waals surface area contributed by atoms with Gasteiger partial charge in [0.15, 0.2) is 0 Å². The highest BCUT2D eigenvalue weighted by Crippen LogP contribution is 2.37. The van der Waals surface area contributed by atoms with Crippen molar-refractivity contribution in [3.8, 4) is 11.1 Å². The van der Waals surface area contributed by atoms with Crippen molar-refractivity contribution < 1.29 is 13.2 Å². The molecule has 1 aromatic carbocycles. The Morgan fingerprint density at radius 2 is 1.97 bits per heavy atom. The van der Waals surface area contributed by atoms with Crippen molar-refractivity contribution in [1.29, 1.82) is 0 Å². The third kappa shape index (κ3) is 3.55. The molecule has 5 rings (SSSR count). The first kappa shape index (κ1) is 20.7. The number of carbonyl (C=O) groups excluding carboxylic acids is 1. The number of aromatic nitrogens is 3. The van der Waals surface area contributed by atoms with E-state index in [2.05, 4.69) is 15.4 Å². The number of sulfonamides is 1. The molecule has 3 N–H and O–H groups in total. The molecule has 9 nitrogen and oxygen atoms in total. The van der Waals surface area contributed by atoms with E-state index < -0.39 is 15.9 Å². The van der Waals surface area contributed by atoms with Crippen LogP contribution in [0.2, 0.25) is 0 Å². The van der Waals surface area contributed by atoms with Gasteiger partial charge in [-0.05, 0) is 53.8 Å². The molecule has 0 aliphatic carbocycles. The number of nitrogens with two attached hydrogens (primary N) is 1. The lowest BCUT2D eigenvalue weighted by atomic mass is 9.88. The lowest BCUT2D eigenvalue weighted by Gasteiger charge is -2.28. The lowest BCUT2D eigenvalue weighted by molar-refractivity contribution is 0.0850. The Hall–Kier alpha value is -3.24. The van der Waals surface area contributed by atoms with Gasteiger partial charge in [-0.25, -0.2) is 13.1 Å². The van der Waals surface area contributed by atoms with Crippen LogP contribution in [0, 0.1) is 0 Å². The molecule has 0 fully saturated rings. The second kappa shape index (κ2) is 7.72.